The fourth-order valence-electron chi connectivity index (χ4n) is 2.42. The molecule has 0 spiro atoms. The SMILES string of the molecule is CSC(C[C@@H](N)CCc1ccccc1)NC(=O)c1ccccc1. The number of carbonyl (C=O) groups excluding carboxylic acids is 1. The maximum atomic E-state index is 12.2. The summed E-state index contributed by atoms with van der Waals surface area (Å²) in [5.74, 6) is -0.0415. The first kappa shape index (κ1) is 17.6. The predicted octanol–water partition coefficient (Wildman–Crippen LogP) is 3.46. The summed E-state index contributed by atoms with van der Waals surface area (Å²) in [6, 6.07) is 19.7. The number of rotatable bonds is 8. The minimum atomic E-state index is -0.0415. The van der Waals surface area contributed by atoms with Gasteiger partial charge in [0.25, 0.3) is 5.91 Å². The number of benzene rings is 2. The van der Waals surface area contributed by atoms with E-state index in [9.17, 15) is 4.79 Å². The minimum Gasteiger partial charge on any atom is -0.340 e. The van der Waals surface area contributed by atoms with Gasteiger partial charge in [-0.1, -0.05) is 48.5 Å². The van der Waals surface area contributed by atoms with Crippen LogP contribution in [0.5, 0.6) is 0 Å². The van der Waals surface area contributed by atoms with Gasteiger partial charge in [-0.3, -0.25) is 4.79 Å². The summed E-state index contributed by atoms with van der Waals surface area (Å²) in [5.41, 5.74) is 8.24. The normalized spacial score (nSPS) is 13.3. The Hall–Kier alpha value is -1.78. The predicted molar refractivity (Wildman–Crippen MR) is 98.6 cm³/mol. The van der Waals surface area contributed by atoms with E-state index in [2.05, 4.69) is 17.4 Å². The third kappa shape index (κ3) is 6.08. The van der Waals surface area contributed by atoms with Gasteiger partial charge in [-0.2, -0.15) is 0 Å². The highest BCUT2D eigenvalue weighted by Crippen LogP contribution is 2.14. The summed E-state index contributed by atoms with van der Waals surface area (Å²) in [6.45, 7) is 0. The van der Waals surface area contributed by atoms with Crippen molar-refractivity contribution >= 4 is 17.7 Å². The molecule has 1 unspecified atom stereocenters. The highest BCUT2D eigenvalue weighted by atomic mass is 32.2. The number of hydrogen-bond donors (Lipinski definition) is 2. The molecular weight excluding hydrogens is 304 g/mol. The molecule has 0 aliphatic carbocycles. The molecule has 3 N–H and O–H groups in total. The van der Waals surface area contributed by atoms with Gasteiger partial charge in [0.2, 0.25) is 0 Å². The van der Waals surface area contributed by atoms with Crippen molar-refractivity contribution in [3.05, 3.63) is 71.8 Å². The smallest absolute Gasteiger partial charge is 0.252 e. The molecule has 122 valence electrons. The van der Waals surface area contributed by atoms with Crippen LogP contribution in [0.3, 0.4) is 0 Å². The second-order valence-electron chi connectivity index (χ2n) is 5.58. The fraction of sp³-hybridized carbons (Fsp3) is 0.316. The highest BCUT2D eigenvalue weighted by molar-refractivity contribution is 7.99. The summed E-state index contributed by atoms with van der Waals surface area (Å²) in [7, 11) is 0. The van der Waals surface area contributed by atoms with Gasteiger partial charge in [-0.25, -0.2) is 0 Å². The number of thioether (sulfide) groups is 1. The Labute approximate surface area is 142 Å². The standard InChI is InChI=1S/C19H24N2OS/c1-23-18(21-19(22)16-10-6-3-7-11-16)14-17(20)13-12-15-8-4-2-5-9-15/h2-11,17-18H,12-14,20H2,1H3,(H,21,22)/t17-,18?/m0/s1. The molecule has 4 heteroatoms. The minimum absolute atomic E-state index is 0.0356. The van der Waals surface area contributed by atoms with Crippen LogP contribution in [0.1, 0.15) is 28.8 Å². The Balaban J connectivity index is 1.80. The lowest BCUT2D eigenvalue weighted by molar-refractivity contribution is 0.0948. The molecule has 0 saturated carbocycles. The molecule has 0 aliphatic heterocycles. The first-order chi connectivity index (χ1) is 11.2. The lowest BCUT2D eigenvalue weighted by atomic mass is 10.0. The average Bonchev–Trinajstić information content (AvgIpc) is 2.61. The van der Waals surface area contributed by atoms with Crippen molar-refractivity contribution in [1.82, 2.24) is 5.32 Å². The summed E-state index contributed by atoms with van der Waals surface area (Å²) in [4.78, 5) is 12.2. The number of aryl methyl sites for hydroxylation is 1. The quantitative estimate of drug-likeness (QED) is 0.730. The van der Waals surface area contributed by atoms with E-state index < -0.39 is 0 Å². The van der Waals surface area contributed by atoms with E-state index in [1.54, 1.807) is 11.8 Å². The average molecular weight is 328 g/mol. The van der Waals surface area contributed by atoms with Crippen LogP contribution in [-0.4, -0.2) is 23.6 Å². The summed E-state index contributed by atoms with van der Waals surface area (Å²) >= 11 is 1.63. The molecule has 0 bridgehead atoms. The Kier molecular flexibility index (Phi) is 7.17. The molecule has 0 aliphatic rings. The van der Waals surface area contributed by atoms with Crippen molar-refractivity contribution in [3.63, 3.8) is 0 Å². The van der Waals surface area contributed by atoms with Crippen molar-refractivity contribution in [2.45, 2.75) is 30.7 Å². The second kappa shape index (κ2) is 9.38. The molecule has 0 saturated heterocycles. The maximum Gasteiger partial charge on any atom is 0.252 e. The molecule has 3 nitrogen and oxygen atoms in total. The maximum absolute atomic E-state index is 12.2. The molecule has 1 amide bonds. The number of nitrogens with one attached hydrogen (secondary N) is 1. The number of amides is 1. The highest BCUT2D eigenvalue weighted by Gasteiger charge is 2.16. The van der Waals surface area contributed by atoms with Crippen molar-refractivity contribution in [2.24, 2.45) is 5.73 Å². The van der Waals surface area contributed by atoms with Crippen molar-refractivity contribution in [3.8, 4) is 0 Å². The molecule has 2 aromatic rings. The monoisotopic (exact) mass is 328 g/mol. The lowest BCUT2D eigenvalue weighted by Crippen LogP contribution is -2.37. The van der Waals surface area contributed by atoms with Gasteiger partial charge in [0.05, 0.1) is 5.37 Å². The van der Waals surface area contributed by atoms with E-state index in [1.165, 1.54) is 5.56 Å². The Morgan fingerprint density at radius 2 is 1.70 bits per heavy atom. The Morgan fingerprint density at radius 1 is 1.09 bits per heavy atom. The van der Waals surface area contributed by atoms with Crippen molar-refractivity contribution in [1.29, 1.82) is 0 Å². The van der Waals surface area contributed by atoms with Gasteiger partial charge in [-0.05, 0) is 43.2 Å². The second-order valence-corrected chi connectivity index (χ2v) is 6.62. The van der Waals surface area contributed by atoms with Crippen molar-refractivity contribution in [2.75, 3.05) is 6.26 Å². The first-order valence-electron chi connectivity index (χ1n) is 7.87. The van der Waals surface area contributed by atoms with Crippen LogP contribution in [0, 0.1) is 0 Å². The molecule has 2 atom stereocenters. The van der Waals surface area contributed by atoms with Gasteiger partial charge in [0.1, 0.15) is 0 Å². The van der Waals surface area contributed by atoms with Gasteiger partial charge in [0, 0.05) is 11.6 Å². The van der Waals surface area contributed by atoms with Crippen LogP contribution in [0.15, 0.2) is 60.7 Å². The van der Waals surface area contributed by atoms with Crippen LogP contribution >= 0.6 is 11.8 Å². The van der Waals surface area contributed by atoms with Crippen LogP contribution in [0.4, 0.5) is 0 Å². The third-order valence-corrected chi connectivity index (χ3v) is 4.66. The van der Waals surface area contributed by atoms with E-state index in [4.69, 9.17) is 5.73 Å². The Morgan fingerprint density at radius 3 is 2.30 bits per heavy atom. The summed E-state index contributed by atoms with van der Waals surface area (Å²) in [6.07, 6.45) is 4.66. The molecule has 0 radical (unpaired) electrons. The van der Waals surface area contributed by atoms with Gasteiger partial charge in [-0.15, -0.1) is 11.8 Å². The zero-order chi connectivity index (χ0) is 16.5. The summed E-state index contributed by atoms with van der Waals surface area (Å²) < 4.78 is 0. The lowest BCUT2D eigenvalue weighted by Gasteiger charge is -2.20. The van der Waals surface area contributed by atoms with Gasteiger partial charge < -0.3 is 11.1 Å². The fourth-order valence-corrected chi connectivity index (χ4v) is 3.09. The van der Waals surface area contributed by atoms with Crippen molar-refractivity contribution < 1.29 is 4.79 Å². The van der Waals surface area contributed by atoms with Gasteiger partial charge in [0.15, 0.2) is 0 Å². The van der Waals surface area contributed by atoms with E-state index in [1.807, 2.05) is 54.8 Å². The van der Waals surface area contributed by atoms with Gasteiger partial charge >= 0.3 is 0 Å². The number of nitrogens with two attached hydrogens (primary N) is 1. The molecular formula is C19H24N2OS. The van der Waals surface area contributed by atoms with E-state index in [-0.39, 0.29) is 17.3 Å². The molecule has 2 aromatic carbocycles. The van der Waals surface area contributed by atoms with E-state index >= 15 is 0 Å². The van der Waals surface area contributed by atoms with E-state index in [0.29, 0.717) is 5.56 Å². The van der Waals surface area contributed by atoms with Crippen LogP contribution < -0.4 is 11.1 Å². The van der Waals surface area contributed by atoms with Crippen LogP contribution in [-0.2, 0) is 6.42 Å². The molecule has 0 fully saturated rings. The van der Waals surface area contributed by atoms with Crippen LogP contribution in [0.25, 0.3) is 0 Å². The zero-order valence-electron chi connectivity index (χ0n) is 13.4. The first-order valence-corrected chi connectivity index (χ1v) is 9.16. The Bertz CT molecular complexity index is 589. The number of carbonyl (C=O) groups is 1. The molecule has 23 heavy (non-hydrogen) atoms. The largest absolute Gasteiger partial charge is 0.340 e. The topological polar surface area (TPSA) is 55.1 Å². The van der Waals surface area contributed by atoms with E-state index in [0.717, 1.165) is 19.3 Å². The zero-order valence-corrected chi connectivity index (χ0v) is 14.3. The molecule has 0 heterocycles. The van der Waals surface area contributed by atoms with Crippen LogP contribution in [0.2, 0.25) is 0 Å². The summed E-state index contributed by atoms with van der Waals surface area (Å²) in [5, 5.41) is 3.09. The third-order valence-electron chi connectivity index (χ3n) is 3.78. The number of hydrogen-bond acceptors (Lipinski definition) is 3. The molecule has 2 rings (SSSR count). The molecule has 0 aromatic heterocycles.